The van der Waals surface area contributed by atoms with Crippen LogP contribution < -0.4 is 4.74 Å². The molecule has 0 spiro atoms. The Labute approximate surface area is 126 Å². The highest BCUT2D eigenvalue weighted by atomic mass is 16.6. The number of hydrogen-bond donors (Lipinski definition) is 0. The van der Waals surface area contributed by atoms with E-state index in [1.54, 1.807) is 19.1 Å². The highest BCUT2D eigenvalue weighted by Gasteiger charge is 2.16. The molecule has 0 aliphatic rings. The Hall–Kier alpha value is -2.82. The number of hydrogen-bond acceptors (Lipinski definition) is 5. The molecule has 0 fully saturated rings. The van der Waals surface area contributed by atoms with Crippen molar-refractivity contribution in [1.82, 2.24) is 0 Å². The van der Waals surface area contributed by atoms with Crippen LogP contribution in [0.5, 0.6) is 5.75 Å². The van der Waals surface area contributed by atoms with E-state index in [0.717, 1.165) is 5.39 Å². The molecule has 0 radical (unpaired) electrons. The SMILES string of the molecule is CCOC(=O)COc1ccc2oc3ccccc3c2c1C=O. The second-order valence-electron chi connectivity index (χ2n) is 4.66. The summed E-state index contributed by atoms with van der Waals surface area (Å²) in [5.74, 6) is -0.140. The van der Waals surface area contributed by atoms with E-state index in [1.165, 1.54) is 0 Å². The average Bonchev–Trinajstić information content (AvgIpc) is 2.91. The Balaban J connectivity index is 2.06. The van der Waals surface area contributed by atoms with Gasteiger partial charge < -0.3 is 13.9 Å². The predicted molar refractivity (Wildman–Crippen MR) is 81.2 cm³/mol. The van der Waals surface area contributed by atoms with Crippen molar-refractivity contribution in [1.29, 1.82) is 0 Å². The van der Waals surface area contributed by atoms with Gasteiger partial charge in [0.2, 0.25) is 0 Å². The minimum atomic E-state index is -0.475. The number of benzene rings is 2. The molecule has 0 atom stereocenters. The van der Waals surface area contributed by atoms with Gasteiger partial charge in [0.25, 0.3) is 0 Å². The number of rotatable bonds is 5. The van der Waals surface area contributed by atoms with Crippen LogP contribution in [0.15, 0.2) is 40.8 Å². The molecule has 0 unspecified atom stereocenters. The zero-order valence-electron chi connectivity index (χ0n) is 12.0. The van der Waals surface area contributed by atoms with Crippen LogP contribution in [0, 0.1) is 0 Å². The summed E-state index contributed by atoms with van der Waals surface area (Å²) in [5.41, 5.74) is 1.67. The summed E-state index contributed by atoms with van der Waals surface area (Å²) in [7, 11) is 0. The summed E-state index contributed by atoms with van der Waals surface area (Å²) in [5, 5.41) is 1.52. The largest absolute Gasteiger partial charge is 0.481 e. The fraction of sp³-hybridized carbons (Fsp3) is 0.176. The quantitative estimate of drug-likeness (QED) is 0.534. The highest BCUT2D eigenvalue weighted by molar-refractivity contribution is 6.13. The first-order valence-electron chi connectivity index (χ1n) is 6.92. The van der Waals surface area contributed by atoms with Crippen molar-refractivity contribution in [2.75, 3.05) is 13.2 Å². The topological polar surface area (TPSA) is 65.7 Å². The Kier molecular flexibility index (Phi) is 3.78. The first-order chi connectivity index (χ1) is 10.7. The lowest BCUT2D eigenvalue weighted by Gasteiger charge is -2.08. The molecule has 0 saturated heterocycles. The third kappa shape index (κ3) is 2.41. The van der Waals surface area contributed by atoms with Crippen molar-refractivity contribution in [2.45, 2.75) is 6.92 Å². The maximum Gasteiger partial charge on any atom is 0.344 e. The molecule has 2 aromatic carbocycles. The number of carbonyl (C=O) groups excluding carboxylic acids is 2. The summed E-state index contributed by atoms with van der Waals surface area (Å²) < 4.78 is 15.9. The van der Waals surface area contributed by atoms with Crippen molar-refractivity contribution in [2.24, 2.45) is 0 Å². The van der Waals surface area contributed by atoms with Gasteiger partial charge in [0, 0.05) is 10.8 Å². The van der Waals surface area contributed by atoms with Crippen molar-refractivity contribution < 1.29 is 23.5 Å². The summed E-state index contributed by atoms with van der Waals surface area (Å²) in [6, 6.07) is 10.8. The van der Waals surface area contributed by atoms with E-state index in [2.05, 4.69) is 0 Å². The van der Waals surface area contributed by atoms with Crippen molar-refractivity contribution in [3.63, 3.8) is 0 Å². The molecule has 3 aromatic rings. The average molecular weight is 298 g/mol. The third-order valence-electron chi connectivity index (χ3n) is 3.31. The van der Waals surface area contributed by atoms with E-state index in [4.69, 9.17) is 13.9 Å². The smallest absolute Gasteiger partial charge is 0.344 e. The summed E-state index contributed by atoms with van der Waals surface area (Å²) in [4.78, 5) is 22.9. The van der Waals surface area contributed by atoms with Crippen LogP contribution in [0.3, 0.4) is 0 Å². The van der Waals surface area contributed by atoms with Crippen molar-refractivity contribution in [3.8, 4) is 5.75 Å². The molecule has 1 heterocycles. The van der Waals surface area contributed by atoms with Crippen LogP contribution in [0.4, 0.5) is 0 Å². The molecule has 5 heteroatoms. The van der Waals surface area contributed by atoms with E-state index in [-0.39, 0.29) is 13.2 Å². The van der Waals surface area contributed by atoms with Gasteiger partial charge in [0.05, 0.1) is 12.2 Å². The second kappa shape index (κ2) is 5.89. The van der Waals surface area contributed by atoms with Crippen LogP contribution >= 0.6 is 0 Å². The van der Waals surface area contributed by atoms with Crippen LogP contribution in [-0.4, -0.2) is 25.5 Å². The number of fused-ring (bicyclic) bond motifs is 3. The Morgan fingerprint density at radius 2 is 2.00 bits per heavy atom. The van der Waals surface area contributed by atoms with Gasteiger partial charge in [-0.2, -0.15) is 0 Å². The molecule has 112 valence electrons. The molecular formula is C17H14O5. The molecular weight excluding hydrogens is 284 g/mol. The molecule has 0 aliphatic carbocycles. The monoisotopic (exact) mass is 298 g/mol. The standard InChI is InChI=1S/C17H14O5/c1-2-20-16(19)10-21-13-7-8-15-17(12(13)9-18)11-5-3-4-6-14(11)22-15/h3-9H,2,10H2,1H3. The highest BCUT2D eigenvalue weighted by Crippen LogP contribution is 2.34. The first kappa shape index (κ1) is 14.1. The Morgan fingerprint density at radius 1 is 1.18 bits per heavy atom. The predicted octanol–water partition coefficient (Wildman–Crippen LogP) is 3.34. The van der Waals surface area contributed by atoms with Gasteiger partial charge in [-0.3, -0.25) is 4.79 Å². The van der Waals surface area contributed by atoms with Gasteiger partial charge >= 0.3 is 5.97 Å². The van der Waals surface area contributed by atoms with Crippen molar-refractivity contribution >= 4 is 34.2 Å². The molecule has 0 bridgehead atoms. The van der Waals surface area contributed by atoms with E-state index in [9.17, 15) is 9.59 Å². The number of para-hydroxylation sites is 1. The molecule has 1 aromatic heterocycles. The number of ether oxygens (including phenoxy) is 2. The van der Waals surface area contributed by atoms with Gasteiger partial charge in [-0.1, -0.05) is 18.2 Å². The second-order valence-corrected chi connectivity index (χ2v) is 4.66. The number of aldehydes is 1. The molecule has 0 N–H and O–H groups in total. The zero-order valence-corrected chi connectivity index (χ0v) is 12.0. The van der Waals surface area contributed by atoms with E-state index < -0.39 is 5.97 Å². The normalized spacial score (nSPS) is 10.8. The molecule has 0 amide bonds. The summed E-state index contributed by atoms with van der Waals surface area (Å²) in [6.07, 6.45) is 0.713. The Morgan fingerprint density at radius 3 is 2.77 bits per heavy atom. The molecule has 0 saturated carbocycles. The fourth-order valence-electron chi connectivity index (χ4n) is 2.41. The van der Waals surface area contributed by atoms with Gasteiger partial charge in [0.1, 0.15) is 16.9 Å². The van der Waals surface area contributed by atoms with Gasteiger partial charge in [0.15, 0.2) is 12.9 Å². The zero-order chi connectivity index (χ0) is 15.5. The summed E-state index contributed by atoms with van der Waals surface area (Å²) in [6.45, 7) is 1.77. The number of esters is 1. The minimum absolute atomic E-state index is 0.240. The maximum atomic E-state index is 11.5. The van der Waals surface area contributed by atoms with Crippen LogP contribution in [0.25, 0.3) is 21.9 Å². The lowest BCUT2D eigenvalue weighted by Crippen LogP contribution is -2.15. The van der Waals surface area contributed by atoms with E-state index in [1.807, 2.05) is 24.3 Å². The van der Waals surface area contributed by atoms with E-state index >= 15 is 0 Å². The van der Waals surface area contributed by atoms with Crippen molar-refractivity contribution in [3.05, 3.63) is 42.0 Å². The molecule has 5 nitrogen and oxygen atoms in total. The molecule has 22 heavy (non-hydrogen) atoms. The molecule has 3 rings (SSSR count). The summed E-state index contributed by atoms with van der Waals surface area (Å²) >= 11 is 0. The minimum Gasteiger partial charge on any atom is -0.481 e. The van der Waals surface area contributed by atoms with Gasteiger partial charge in [-0.25, -0.2) is 4.79 Å². The molecule has 0 aliphatic heterocycles. The van der Waals surface area contributed by atoms with E-state index in [0.29, 0.717) is 34.2 Å². The first-order valence-corrected chi connectivity index (χ1v) is 6.92. The maximum absolute atomic E-state index is 11.5. The lowest BCUT2D eigenvalue weighted by atomic mass is 10.1. The van der Waals surface area contributed by atoms with Crippen LogP contribution in [0.1, 0.15) is 17.3 Å². The lowest BCUT2D eigenvalue weighted by molar-refractivity contribution is -0.145. The fourth-order valence-corrected chi connectivity index (χ4v) is 2.41. The number of carbonyl (C=O) groups is 2. The number of furan rings is 1. The third-order valence-corrected chi connectivity index (χ3v) is 3.31. The van der Waals surface area contributed by atoms with Crippen LogP contribution in [0.2, 0.25) is 0 Å². The Bertz CT molecular complexity index is 847. The van der Waals surface area contributed by atoms with Gasteiger partial charge in [-0.05, 0) is 25.1 Å². The van der Waals surface area contributed by atoms with Crippen LogP contribution in [-0.2, 0) is 9.53 Å². The van der Waals surface area contributed by atoms with Gasteiger partial charge in [-0.15, -0.1) is 0 Å².